The van der Waals surface area contributed by atoms with Crippen molar-refractivity contribution in [3.63, 3.8) is 0 Å². The largest absolute Gasteiger partial charge is 0.480 e. The van der Waals surface area contributed by atoms with Gasteiger partial charge in [-0.15, -0.1) is 0 Å². The van der Waals surface area contributed by atoms with Crippen LogP contribution in [-0.2, 0) is 11.3 Å². The van der Waals surface area contributed by atoms with Crippen molar-refractivity contribution in [3.05, 3.63) is 15.0 Å². The molecule has 0 radical (unpaired) electrons. The fourth-order valence-electron chi connectivity index (χ4n) is 0.443. The molecule has 0 bridgehead atoms. The minimum Gasteiger partial charge on any atom is -0.480 e. The van der Waals surface area contributed by atoms with Crippen LogP contribution < -0.4 is 5.56 Å². The molecule has 0 atom stereocenters. The number of aromatic nitrogens is 1. The van der Waals surface area contributed by atoms with Crippen LogP contribution in [0.1, 0.15) is 0 Å². The summed E-state index contributed by atoms with van der Waals surface area (Å²) in [7, 11) is 0. The number of hydrogen-bond donors (Lipinski definition) is 1. The molecule has 1 rings (SSSR count). The van der Waals surface area contributed by atoms with Gasteiger partial charge in [-0.1, -0.05) is 12.2 Å². The number of carboxylic acid groups (broad SMARTS) is 1. The Morgan fingerprint density at radius 3 is 2.33 bits per heavy atom. The topological polar surface area (TPSA) is 59.3 Å². The normalized spacial score (nSPS) is 10.2. The van der Waals surface area contributed by atoms with Crippen LogP contribution in [0.4, 0.5) is 0 Å². The summed E-state index contributed by atoms with van der Waals surface area (Å²) in [6, 6.07) is 0. The van der Waals surface area contributed by atoms with Gasteiger partial charge in [-0.25, -0.2) is 0 Å². The van der Waals surface area contributed by atoms with E-state index in [2.05, 4.69) is 12.2 Å². The smallest absolute Gasteiger partial charge is 0.323 e. The summed E-state index contributed by atoms with van der Waals surface area (Å²) in [5.74, 6) is -1.04. The first-order valence-corrected chi connectivity index (χ1v) is 2.61. The van der Waals surface area contributed by atoms with Crippen molar-refractivity contribution in [1.29, 1.82) is 0 Å². The highest BCUT2D eigenvalue weighted by Crippen LogP contribution is 1.87. The molecule has 0 aliphatic heterocycles. The lowest BCUT2D eigenvalue weighted by atomic mass is 10.7. The van der Waals surface area contributed by atoms with Gasteiger partial charge in [0.25, 0.3) is 5.56 Å². The van der Waals surface area contributed by atoms with E-state index in [9.17, 15) is 9.59 Å². The zero-order chi connectivity index (χ0) is 7.02. The van der Waals surface area contributed by atoms with E-state index in [1.54, 1.807) is 0 Å². The van der Waals surface area contributed by atoms with Crippen LogP contribution >= 0.6 is 12.2 Å². The molecule has 0 saturated carbocycles. The van der Waals surface area contributed by atoms with Crippen molar-refractivity contribution in [2.45, 2.75) is 6.54 Å². The monoisotopic (exact) mass is 145 g/mol. The summed E-state index contributed by atoms with van der Waals surface area (Å²) in [6.07, 6.45) is 0. The number of carbonyl (C=O) groups is 1. The van der Waals surface area contributed by atoms with Gasteiger partial charge in [0, 0.05) is 0 Å². The van der Waals surface area contributed by atoms with E-state index in [0.29, 0.717) is 0 Å². The average molecular weight is 145 g/mol. The highest BCUT2D eigenvalue weighted by molar-refractivity contribution is 7.71. The van der Waals surface area contributed by atoms with Gasteiger partial charge in [0.2, 0.25) is 0 Å². The third kappa shape index (κ3) is 1.05. The minimum absolute atomic E-state index is 0.123. The summed E-state index contributed by atoms with van der Waals surface area (Å²) in [5.41, 5.74) is -0.340. The van der Waals surface area contributed by atoms with Crippen LogP contribution in [0.5, 0.6) is 0 Å². The molecule has 0 aromatic carbocycles. The van der Waals surface area contributed by atoms with Crippen molar-refractivity contribution in [1.82, 2.24) is 4.57 Å². The summed E-state index contributed by atoms with van der Waals surface area (Å²) in [6.45, 7) is -0.294. The van der Waals surface area contributed by atoms with Crippen LogP contribution in [-0.4, -0.2) is 15.6 Å². The van der Waals surface area contributed by atoms with Crippen molar-refractivity contribution in [2.24, 2.45) is 0 Å². The van der Waals surface area contributed by atoms with Gasteiger partial charge in [-0.2, -0.15) is 0 Å². The van der Waals surface area contributed by atoms with Crippen LogP contribution in [0.3, 0.4) is 0 Å². The zero-order valence-electron chi connectivity index (χ0n) is 4.33. The highest BCUT2D eigenvalue weighted by Gasteiger charge is 2.13. The van der Waals surface area contributed by atoms with Crippen LogP contribution in [0.15, 0.2) is 4.79 Å². The summed E-state index contributed by atoms with van der Waals surface area (Å²) in [4.78, 5) is 20.2. The maximum atomic E-state index is 10.3. The lowest BCUT2D eigenvalue weighted by molar-refractivity contribution is -0.137. The summed E-state index contributed by atoms with van der Waals surface area (Å²) >= 11 is 4.42. The fourth-order valence-corrected chi connectivity index (χ4v) is 0.655. The quantitative estimate of drug-likeness (QED) is 0.572. The second-order valence-corrected chi connectivity index (χ2v) is 1.98. The Kier molecular flexibility index (Phi) is 1.21. The molecule has 0 amide bonds. The van der Waals surface area contributed by atoms with Gasteiger partial charge in [-0.05, 0) is 0 Å². The van der Waals surface area contributed by atoms with Gasteiger partial charge in [0.1, 0.15) is 6.54 Å². The maximum Gasteiger partial charge on any atom is 0.323 e. The molecule has 5 heteroatoms. The van der Waals surface area contributed by atoms with Gasteiger partial charge in [0.15, 0.2) is 4.64 Å². The minimum atomic E-state index is -1.04. The number of aliphatic carboxylic acids is 1. The Hall–Kier alpha value is -0.970. The first-order chi connectivity index (χ1) is 4.13. The first kappa shape index (κ1) is 6.15. The molecule has 0 aliphatic rings. The summed E-state index contributed by atoms with van der Waals surface area (Å²) < 4.78 is 1.15. The second kappa shape index (κ2) is 1.77. The van der Waals surface area contributed by atoms with E-state index < -0.39 is 5.97 Å². The van der Waals surface area contributed by atoms with Crippen molar-refractivity contribution in [2.75, 3.05) is 0 Å². The van der Waals surface area contributed by atoms with Crippen molar-refractivity contribution in [3.8, 4) is 0 Å². The molecular formula is C4H3NO3S. The third-order valence-electron chi connectivity index (χ3n) is 0.917. The molecule has 1 N–H and O–H groups in total. The number of hydrogen-bond acceptors (Lipinski definition) is 3. The maximum absolute atomic E-state index is 10.3. The fraction of sp³-hybridized carbons (Fsp3) is 0.250. The van der Waals surface area contributed by atoms with E-state index in [0.717, 1.165) is 4.57 Å². The molecule has 9 heavy (non-hydrogen) atoms. The Morgan fingerprint density at radius 1 is 1.78 bits per heavy atom. The van der Waals surface area contributed by atoms with E-state index in [1.165, 1.54) is 0 Å². The standard InChI is InChI=1S/C4H3NO3S/c6-2(7)1-5-3(8)4(5)9/h1H2,(H,6,7). The molecule has 0 spiro atoms. The van der Waals surface area contributed by atoms with Gasteiger partial charge in [0.05, 0.1) is 0 Å². The molecule has 0 aliphatic carbocycles. The SMILES string of the molecule is O=C(O)Cn1c(=O)c1=S. The Labute approximate surface area is 55.0 Å². The lowest BCUT2D eigenvalue weighted by Gasteiger charge is -1.81. The number of nitrogens with zero attached hydrogens (tertiary/aromatic N) is 1. The zero-order valence-corrected chi connectivity index (χ0v) is 5.14. The molecule has 1 heterocycles. The lowest BCUT2D eigenvalue weighted by Crippen LogP contribution is -2.05. The Balaban J connectivity index is 2.72. The van der Waals surface area contributed by atoms with E-state index >= 15 is 0 Å². The Morgan fingerprint density at radius 2 is 2.22 bits per heavy atom. The highest BCUT2D eigenvalue weighted by atomic mass is 32.1. The van der Waals surface area contributed by atoms with Gasteiger partial charge >= 0.3 is 5.97 Å². The Bertz CT molecular complexity index is 281. The third-order valence-corrected chi connectivity index (χ3v) is 1.31. The predicted molar refractivity (Wildman–Crippen MR) is 31.5 cm³/mol. The van der Waals surface area contributed by atoms with E-state index in [-0.39, 0.29) is 16.7 Å². The molecule has 0 saturated heterocycles. The summed E-state index contributed by atoms with van der Waals surface area (Å²) in [5, 5.41) is 8.11. The van der Waals surface area contributed by atoms with Crippen LogP contribution in [0.2, 0.25) is 0 Å². The molecule has 0 fully saturated rings. The number of carboxylic acids is 1. The first-order valence-electron chi connectivity index (χ1n) is 2.20. The van der Waals surface area contributed by atoms with Gasteiger partial charge in [-0.3, -0.25) is 14.2 Å². The average Bonchev–Trinajstić information content (AvgIpc) is 2.22. The molecular weight excluding hydrogens is 142 g/mol. The van der Waals surface area contributed by atoms with E-state index in [1.807, 2.05) is 0 Å². The molecule has 1 aromatic rings. The van der Waals surface area contributed by atoms with Crippen LogP contribution in [0.25, 0.3) is 0 Å². The molecule has 0 unspecified atom stereocenters. The molecule has 1 aromatic heterocycles. The predicted octanol–water partition coefficient (Wildman–Crippen LogP) is -0.462. The van der Waals surface area contributed by atoms with Crippen molar-refractivity contribution < 1.29 is 9.90 Å². The number of rotatable bonds is 2. The van der Waals surface area contributed by atoms with Crippen LogP contribution in [0, 0.1) is 4.64 Å². The van der Waals surface area contributed by atoms with Crippen molar-refractivity contribution >= 4 is 18.2 Å². The van der Waals surface area contributed by atoms with Gasteiger partial charge < -0.3 is 5.11 Å². The molecule has 4 nitrogen and oxygen atoms in total. The van der Waals surface area contributed by atoms with E-state index in [4.69, 9.17) is 5.11 Å². The molecule has 48 valence electrons. The second-order valence-electron chi connectivity index (χ2n) is 1.59.